The van der Waals surface area contributed by atoms with E-state index in [9.17, 15) is 77.6 Å². The molecule has 25 N–H and O–H groups in total. The van der Waals surface area contributed by atoms with Gasteiger partial charge in [0.15, 0.2) is 12.0 Å². The molecule has 1 aliphatic rings. The van der Waals surface area contributed by atoms with Crippen molar-refractivity contribution >= 4 is 144 Å². The fraction of sp³-hybridized carbons (Fsp3) is 0.493. The summed E-state index contributed by atoms with van der Waals surface area (Å²) in [5.74, 6) is -20.7. The summed E-state index contributed by atoms with van der Waals surface area (Å²) < 4.78 is 0. The number of nitrogens with two attached hydrogens (primary N) is 2. The fourth-order valence-corrected chi connectivity index (χ4v) is 14.1. The predicted octanol–water partition coefficient (Wildman–Crippen LogP) is -4.06. The second-order valence-electron chi connectivity index (χ2n) is 27.4. The number of H-pyrrole nitrogens is 3. The highest BCUT2D eigenvalue weighted by Gasteiger charge is 2.39. The van der Waals surface area contributed by atoms with Gasteiger partial charge >= 0.3 is 11.9 Å². The molecular weight excluding hydrogens is 1520 g/mol. The SMILES string of the molecule is CC[C@H](C)[C@H](NC(C)=O)C(=O)N[C@H]1CSSC[C@@H](C(=O)N[C@@H](C(=O)O)[C@@H](C)O)NC(=O)[C@H](CCCNC(=N)N)NC(=O)[C@@H](Cc2cnc[nH]2)NC(=O)[C@@H](C)NC(=O)CNC(=O)[C@H](Cc2c[nH]c3ccccc23)NC(=O)[C@@H](CC(=O)O)NC(=O)[C@H](CCC(N)=O)NC(=O)[C@@H](Cc2c[nH]c3ccccc23)NC(=O)[C@H](C(C)C)NC1=O. The molecular formula is C71H99N21O19S2. The van der Waals surface area contributed by atoms with Crippen LogP contribution < -0.4 is 85.9 Å². The van der Waals surface area contributed by atoms with Crippen molar-refractivity contribution in [2.45, 2.75) is 185 Å². The third kappa shape index (κ3) is 28.2. The molecule has 0 aliphatic carbocycles. The van der Waals surface area contributed by atoms with Gasteiger partial charge in [-0.2, -0.15) is 0 Å². The average Bonchev–Trinajstić information content (AvgIpc) is 1.73. The van der Waals surface area contributed by atoms with Crippen molar-refractivity contribution in [3.8, 4) is 0 Å². The number of hydrogen-bond donors (Lipinski definition) is 23. The summed E-state index contributed by atoms with van der Waals surface area (Å²) in [6.07, 6.45) is 0.567. The number of aromatic nitrogens is 4. The number of aliphatic carboxylic acids is 2. The van der Waals surface area contributed by atoms with Gasteiger partial charge in [-0.15, -0.1) is 0 Å². The van der Waals surface area contributed by atoms with Gasteiger partial charge in [-0.3, -0.25) is 77.3 Å². The van der Waals surface area contributed by atoms with Gasteiger partial charge in [0, 0.05) is 96.7 Å². The van der Waals surface area contributed by atoms with Gasteiger partial charge in [0.05, 0.1) is 25.4 Å². The van der Waals surface area contributed by atoms with E-state index in [4.69, 9.17) is 16.9 Å². The molecule has 0 saturated carbocycles. The van der Waals surface area contributed by atoms with Crippen molar-refractivity contribution in [2.75, 3.05) is 24.6 Å². The van der Waals surface area contributed by atoms with Gasteiger partial charge in [0.2, 0.25) is 82.7 Å². The molecule has 1 aliphatic heterocycles. The van der Waals surface area contributed by atoms with Crippen LogP contribution in [0, 0.1) is 17.2 Å². The van der Waals surface area contributed by atoms with Crippen LogP contribution in [0.1, 0.15) is 104 Å². The molecule has 4 heterocycles. The molecule has 2 aromatic carbocycles. The number of nitrogens with one attached hydrogen (secondary N) is 18. The number of guanidine groups is 1. The Morgan fingerprint density at radius 3 is 1.70 bits per heavy atom. The van der Waals surface area contributed by atoms with Crippen LogP contribution in [-0.4, -0.2) is 239 Å². The fourth-order valence-electron chi connectivity index (χ4n) is 11.8. The third-order valence-electron chi connectivity index (χ3n) is 18.2. The molecule has 113 heavy (non-hydrogen) atoms. The van der Waals surface area contributed by atoms with Crippen LogP contribution in [0.25, 0.3) is 21.8 Å². The molecule has 6 rings (SSSR count). The zero-order chi connectivity index (χ0) is 83.3. The summed E-state index contributed by atoms with van der Waals surface area (Å²) in [5.41, 5.74) is 13.4. The van der Waals surface area contributed by atoms with E-state index in [2.05, 4.69) is 94.4 Å². The number of carboxylic acids is 2. The van der Waals surface area contributed by atoms with E-state index in [0.717, 1.165) is 28.5 Å². The number of amides is 14. The van der Waals surface area contributed by atoms with Crippen LogP contribution in [0.2, 0.25) is 0 Å². The molecule has 42 heteroatoms. The second-order valence-corrected chi connectivity index (χ2v) is 30.0. The van der Waals surface area contributed by atoms with Crippen LogP contribution in [0.3, 0.4) is 0 Å². The number of aliphatic hydroxyl groups is 1. The van der Waals surface area contributed by atoms with Gasteiger partial charge in [-0.1, -0.05) is 92.1 Å². The topological polar surface area (TPSA) is 638 Å². The van der Waals surface area contributed by atoms with Gasteiger partial charge in [-0.25, -0.2) is 9.78 Å². The lowest BCUT2D eigenvalue weighted by molar-refractivity contribution is -0.145. The van der Waals surface area contributed by atoms with Crippen molar-refractivity contribution in [1.82, 2.24) is 94.4 Å². The van der Waals surface area contributed by atoms with Gasteiger partial charge in [-0.05, 0) is 68.2 Å². The predicted molar refractivity (Wildman–Crippen MR) is 412 cm³/mol. The molecule has 40 nitrogen and oxygen atoms in total. The zero-order valence-corrected chi connectivity index (χ0v) is 64.7. The second kappa shape index (κ2) is 43.7. The largest absolute Gasteiger partial charge is 0.481 e. The van der Waals surface area contributed by atoms with Crippen LogP contribution in [-0.2, 0) is 96.0 Å². The molecule has 0 bridgehead atoms. The molecule has 0 radical (unpaired) electrons. The van der Waals surface area contributed by atoms with E-state index < -0.39 is 228 Å². The number of rotatable bonds is 25. The summed E-state index contributed by atoms with van der Waals surface area (Å²) in [6.45, 7) is 8.95. The Hall–Kier alpha value is -11.8. The van der Waals surface area contributed by atoms with E-state index in [1.54, 1.807) is 68.6 Å². The minimum absolute atomic E-state index is 0.0192. The molecule has 3 aromatic heterocycles. The summed E-state index contributed by atoms with van der Waals surface area (Å²) in [6, 6.07) is -6.64. The number of hydrogen-bond acceptors (Lipinski definition) is 21. The highest BCUT2D eigenvalue weighted by Crippen LogP contribution is 2.26. The van der Waals surface area contributed by atoms with Crippen molar-refractivity contribution in [1.29, 1.82) is 5.41 Å². The molecule has 0 spiro atoms. The Bertz CT molecular complexity index is 4250. The Morgan fingerprint density at radius 1 is 0.619 bits per heavy atom. The Kier molecular flexibility index (Phi) is 34.8. The number of para-hydroxylation sites is 2. The molecule has 0 unspecified atom stereocenters. The van der Waals surface area contributed by atoms with Crippen LogP contribution in [0.4, 0.5) is 0 Å². The average molecular weight is 1610 g/mol. The van der Waals surface area contributed by atoms with Crippen molar-refractivity contribution in [2.24, 2.45) is 23.3 Å². The molecule has 14 amide bonds. The highest BCUT2D eigenvalue weighted by molar-refractivity contribution is 8.76. The number of aromatic amines is 3. The van der Waals surface area contributed by atoms with E-state index in [1.165, 1.54) is 46.4 Å². The molecule has 614 valence electrons. The van der Waals surface area contributed by atoms with Crippen molar-refractivity contribution in [3.63, 3.8) is 0 Å². The molecule has 5 aromatic rings. The number of nitrogens with zero attached hydrogens (tertiary/aromatic N) is 1. The number of carbonyl (C=O) groups is 16. The number of primary amides is 1. The van der Waals surface area contributed by atoms with E-state index >= 15 is 14.4 Å². The van der Waals surface area contributed by atoms with E-state index in [1.807, 2.05) is 0 Å². The smallest absolute Gasteiger partial charge is 0.328 e. The first kappa shape index (κ1) is 90.1. The standard InChI is InChI=1S/C71H99N21O19S2/c1-8-34(4)57(82-37(7)94)69(109)90-52-31-113-112-30-51(67(107)92-58(36(6)93)70(110)111)89-61(101)45(18-13-21-76-71(73)74)83-64(104)49(24-40-28-75-32-80-40)85-59(99)35(5)81-54(96)29-79-60(100)47(22-38-26-77-43-16-11-9-14-41(38)43)86-65(105)50(25-55(97)98)87-62(102)46(19-20-53(72)95)84-63(103)48(88-68(108)56(33(2)3)91-66(52)106)23-39-27-78-44-17-12-10-15-42(39)44/h9-12,14-17,26-28,32-36,45-52,56-58,77-78,93H,8,13,18-25,29-31H2,1-7H3,(H2,72,95)(H,75,80)(H,79,100)(H,81,96)(H,82,94)(H,83,104)(H,84,103)(H,85,99)(H,86,105)(H,87,102)(H,88,108)(H,89,101)(H,90,109)(H,91,106)(H,92,107)(H,97,98)(H,110,111)(H4,73,74,76)/t34-,35+,36+,45-,46-,47-,48+,49+,50+,51-,52-,56-,57-,58+/m0/s1. The number of benzene rings is 2. The zero-order valence-electron chi connectivity index (χ0n) is 63.1. The van der Waals surface area contributed by atoms with Crippen molar-refractivity contribution in [3.05, 3.63) is 90.3 Å². The first-order valence-corrected chi connectivity index (χ1v) is 38.7. The number of carbonyl (C=O) groups excluding carboxylic acids is 14. The lowest BCUT2D eigenvalue weighted by atomic mass is 9.97. The monoisotopic (exact) mass is 1610 g/mol. The Labute approximate surface area is 655 Å². The maximum absolute atomic E-state index is 15.1. The minimum atomic E-state index is -2.06. The highest BCUT2D eigenvalue weighted by atomic mass is 33.1. The van der Waals surface area contributed by atoms with Gasteiger partial charge in [0.1, 0.15) is 66.5 Å². The maximum Gasteiger partial charge on any atom is 0.328 e. The normalized spacial score (nSPS) is 22.7. The lowest BCUT2D eigenvalue weighted by Crippen LogP contribution is -2.61. The van der Waals surface area contributed by atoms with Crippen LogP contribution >= 0.6 is 21.6 Å². The number of imidazole rings is 1. The summed E-state index contributed by atoms with van der Waals surface area (Å²) in [7, 11) is 1.59. The first-order valence-electron chi connectivity index (χ1n) is 36.2. The van der Waals surface area contributed by atoms with E-state index in [0.29, 0.717) is 39.4 Å². The molecule has 14 atom stereocenters. The quantitative estimate of drug-likeness (QED) is 0.0114. The third-order valence-corrected chi connectivity index (χ3v) is 20.6. The molecule has 1 saturated heterocycles. The summed E-state index contributed by atoms with van der Waals surface area (Å²) in [5, 5.41) is 74.6. The molecule has 1 fully saturated rings. The van der Waals surface area contributed by atoms with Crippen LogP contribution in [0.5, 0.6) is 0 Å². The number of aliphatic hydroxyl groups excluding tert-OH is 1. The van der Waals surface area contributed by atoms with Gasteiger partial charge < -0.3 is 116 Å². The number of carboxylic acid groups (broad SMARTS) is 2. The maximum atomic E-state index is 15.1. The van der Waals surface area contributed by atoms with Gasteiger partial charge in [0.25, 0.3) is 0 Å². The summed E-state index contributed by atoms with van der Waals surface area (Å²) in [4.78, 5) is 238. The first-order chi connectivity index (χ1) is 53.5. The lowest BCUT2D eigenvalue weighted by Gasteiger charge is -2.29. The Balaban J connectivity index is 1.47. The Morgan fingerprint density at radius 2 is 1.15 bits per heavy atom. The van der Waals surface area contributed by atoms with Crippen molar-refractivity contribution < 1.29 is 92.0 Å². The minimum Gasteiger partial charge on any atom is -0.481 e. The summed E-state index contributed by atoms with van der Waals surface area (Å²) >= 11 is 0. The van der Waals surface area contributed by atoms with Crippen LogP contribution in [0.15, 0.2) is 73.4 Å². The number of fused-ring (bicyclic) bond motifs is 2. The van der Waals surface area contributed by atoms with E-state index in [-0.39, 0.29) is 44.3 Å².